The lowest BCUT2D eigenvalue weighted by molar-refractivity contribution is -0.870. The van der Waals surface area contributed by atoms with Crippen LogP contribution in [-0.2, 0) is 18.4 Å². The minimum Gasteiger partial charge on any atom is -0.387 e. The zero-order chi connectivity index (χ0) is 41.4. The summed E-state index contributed by atoms with van der Waals surface area (Å²) in [5.41, 5.74) is 0. The van der Waals surface area contributed by atoms with Crippen molar-refractivity contribution in [3.8, 4) is 0 Å². The van der Waals surface area contributed by atoms with Crippen molar-refractivity contribution < 1.29 is 32.9 Å². The van der Waals surface area contributed by atoms with E-state index in [1.807, 2.05) is 40.2 Å². The summed E-state index contributed by atoms with van der Waals surface area (Å²) in [7, 11) is 1.53. The Bertz CT molecular complexity index is 1100. The molecule has 0 fully saturated rings. The fourth-order valence-corrected chi connectivity index (χ4v) is 6.90. The van der Waals surface area contributed by atoms with E-state index in [1.165, 1.54) is 109 Å². The quantitative estimate of drug-likeness (QED) is 0.0246. The maximum absolute atomic E-state index is 12.8. The van der Waals surface area contributed by atoms with Crippen LogP contribution in [0.25, 0.3) is 0 Å². The number of unbranched alkanes of at least 4 members (excludes halogenated alkanes) is 20. The number of allylic oxidation sites excluding steroid dienone is 9. The van der Waals surface area contributed by atoms with Crippen molar-refractivity contribution in [1.29, 1.82) is 0 Å². The lowest BCUT2D eigenvalue weighted by Gasteiger charge is -2.25. The Labute approximate surface area is 345 Å². The fourth-order valence-electron chi connectivity index (χ4n) is 6.17. The minimum atomic E-state index is -4.35. The van der Waals surface area contributed by atoms with Crippen molar-refractivity contribution in [2.45, 2.75) is 193 Å². The molecular weight excluding hydrogens is 719 g/mol. The first kappa shape index (κ1) is 54.2. The number of hydrogen-bond acceptors (Lipinski definition) is 5. The van der Waals surface area contributed by atoms with Crippen LogP contribution in [0.4, 0.5) is 0 Å². The summed E-state index contributed by atoms with van der Waals surface area (Å²) in [5, 5.41) is 13.7. The molecule has 0 aromatic carbocycles. The van der Waals surface area contributed by atoms with Crippen LogP contribution in [0.15, 0.2) is 60.8 Å². The lowest BCUT2D eigenvalue weighted by Crippen LogP contribution is -2.45. The molecule has 1 amide bonds. The molecule has 0 rings (SSSR count). The number of nitrogens with zero attached hydrogens (tertiary/aromatic N) is 1. The highest BCUT2D eigenvalue weighted by Crippen LogP contribution is 2.43. The Morgan fingerprint density at radius 2 is 1.11 bits per heavy atom. The van der Waals surface area contributed by atoms with Gasteiger partial charge in [0.1, 0.15) is 13.2 Å². The smallest absolute Gasteiger partial charge is 0.387 e. The molecule has 0 aromatic heterocycles. The van der Waals surface area contributed by atoms with Crippen LogP contribution in [0.1, 0.15) is 181 Å². The third-order valence-electron chi connectivity index (χ3n) is 9.78. The predicted molar refractivity (Wildman–Crippen MR) is 240 cm³/mol. The molecule has 0 aliphatic carbocycles. The number of nitrogens with one attached hydrogen (secondary N) is 1. The van der Waals surface area contributed by atoms with Crippen LogP contribution >= 0.6 is 7.82 Å². The van der Waals surface area contributed by atoms with Gasteiger partial charge in [-0.2, -0.15) is 0 Å². The molecule has 326 valence electrons. The molecule has 56 heavy (non-hydrogen) atoms. The van der Waals surface area contributed by atoms with Crippen LogP contribution in [0, 0.1) is 0 Å². The van der Waals surface area contributed by atoms with Gasteiger partial charge < -0.3 is 19.8 Å². The van der Waals surface area contributed by atoms with Crippen LogP contribution < -0.4 is 5.32 Å². The molecule has 3 N–H and O–H groups in total. The second-order valence-corrected chi connectivity index (χ2v) is 17.9. The number of phosphoric ester groups is 1. The van der Waals surface area contributed by atoms with Gasteiger partial charge in [0.15, 0.2) is 0 Å². The van der Waals surface area contributed by atoms with Gasteiger partial charge in [0.25, 0.3) is 0 Å². The molecule has 8 nitrogen and oxygen atoms in total. The third-order valence-corrected chi connectivity index (χ3v) is 10.8. The van der Waals surface area contributed by atoms with E-state index in [9.17, 15) is 19.4 Å². The molecule has 0 saturated carbocycles. The zero-order valence-electron chi connectivity index (χ0n) is 36.9. The maximum atomic E-state index is 12.8. The van der Waals surface area contributed by atoms with E-state index in [1.54, 1.807) is 6.08 Å². The summed E-state index contributed by atoms with van der Waals surface area (Å²) in [6.45, 7) is 4.53. The normalized spacial score (nSPS) is 14.9. The monoisotopic (exact) mass is 808 g/mol. The van der Waals surface area contributed by atoms with Crippen molar-refractivity contribution in [2.24, 2.45) is 0 Å². The Balaban J connectivity index is 4.21. The average Bonchev–Trinajstić information content (AvgIpc) is 3.15. The van der Waals surface area contributed by atoms with Crippen molar-refractivity contribution in [3.05, 3.63) is 60.8 Å². The standard InChI is InChI=1S/C47H87N2O6P/c1-6-8-10-12-14-16-17-18-19-20-21-22-23-24-25-26-27-28-29-30-31-33-35-37-39-41-47(51)48-45(44-55-56(52,53)54-43-42-49(3,4)5)46(50)40-38-36-34-32-15-13-11-9-7-2/h7,9,15,21-22,24-25,32,38,40,45-46,50H,6,8,10-14,16-20,23,26-31,33-37,39,41-44H2,1-5H3,(H-,48,51,52,53)/p+1/b9-7+,22-21-,25-24-,32-15+,40-38+. The maximum Gasteiger partial charge on any atom is 0.472 e. The largest absolute Gasteiger partial charge is 0.472 e. The van der Waals surface area contributed by atoms with E-state index in [2.05, 4.69) is 54.8 Å². The van der Waals surface area contributed by atoms with Crippen LogP contribution in [-0.4, -0.2) is 73.4 Å². The molecule has 0 spiro atoms. The Kier molecular flexibility index (Phi) is 37.5. The fraction of sp³-hybridized carbons (Fsp3) is 0.766. The number of quaternary nitrogens is 1. The summed E-state index contributed by atoms with van der Waals surface area (Å²) in [5.74, 6) is -0.201. The summed E-state index contributed by atoms with van der Waals surface area (Å²) >= 11 is 0. The molecule has 0 aliphatic rings. The van der Waals surface area contributed by atoms with E-state index in [0.717, 1.165) is 51.4 Å². The van der Waals surface area contributed by atoms with E-state index in [0.29, 0.717) is 17.4 Å². The van der Waals surface area contributed by atoms with Gasteiger partial charge in [-0.05, 0) is 71.1 Å². The number of likely N-dealkylation sites (N-methyl/N-ethyl adjacent to an activating group) is 1. The van der Waals surface area contributed by atoms with Crippen molar-refractivity contribution in [3.63, 3.8) is 0 Å². The number of rotatable bonds is 40. The Morgan fingerprint density at radius 1 is 0.643 bits per heavy atom. The van der Waals surface area contributed by atoms with Crippen molar-refractivity contribution >= 4 is 13.7 Å². The summed E-state index contributed by atoms with van der Waals surface area (Å²) < 4.78 is 23.4. The van der Waals surface area contributed by atoms with E-state index < -0.39 is 20.0 Å². The lowest BCUT2D eigenvalue weighted by atomic mass is 10.1. The highest BCUT2D eigenvalue weighted by atomic mass is 31.2. The van der Waals surface area contributed by atoms with Crippen LogP contribution in [0.3, 0.4) is 0 Å². The van der Waals surface area contributed by atoms with Crippen molar-refractivity contribution in [1.82, 2.24) is 5.32 Å². The zero-order valence-corrected chi connectivity index (χ0v) is 37.8. The first-order valence-corrected chi connectivity index (χ1v) is 24.1. The highest BCUT2D eigenvalue weighted by Gasteiger charge is 2.27. The third kappa shape index (κ3) is 40.4. The van der Waals surface area contributed by atoms with Gasteiger partial charge in [-0.25, -0.2) is 4.57 Å². The average molecular weight is 808 g/mol. The van der Waals surface area contributed by atoms with E-state index >= 15 is 0 Å². The second-order valence-electron chi connectivity index (χ2n) is 16.4. The first-order chi connectivity index (χ1) is 27.0. The number of aliphatic hydroxyl groups excluding tert-OH is 1. The van der Waals surface area contributed by atoms with Crippen LogP contribution in [0.5, 0.6) is 0 Å². The Morgan fingerprint density at radius 3 is 1.62 bits per heavy atom. The van der Waals surface area contributed by atoms with E-state index in [4.69, 9.17) is 9.05 Å². The molecule has 0 radical (unpaired) electrons. The predicted octanol–water partition coefficient (Wildman–Crippen LogP) is 12.6. The van der Waals surface area contributed by atoms with Crippen molar-refractivity contribution in [2.75, 3.05) is 40.9 Å². The summed E-state index contributed by atoms with van der Waals surface area (Å²) in [6.07, 6.45) is 50.5. The molecule has 9 heteroatoms. The summed E-state index contributed by atoms with van der Waals surface area (Å²) in [4.78, 5) is 23.0. The first-order valence-electron chi connectivity index (χ1n) is 22.6. The van der Waals surface area contributed by atoms with Gasteiger partial charge in [-0.1, -0.05) is 164 Å². The number of phosphoric acid groups is 1. The molecular formula is C47H88N2O6P+. The minimum absolute atomic E-state index is 0.0500. The number of carbonyl (C=O) groups excluding carboxylic acids is 1. The summed E-state index contributed by atoms with van der Waals surface area (Å²) in [6, 6.07) is -0.871. The molecule has 0 aromatic rings. The Hall–Kier alpha value is -1.80. The topological polar surface area (TPSA) is 105 Å². The van der Waals surface area contributed by atoms with Gasteiger partial charge in [0, 0.05) is 6.42 Å². The van der Waals surface area contributed by atoms with Gasteiger partial charge >= 0.3 is 7.82 Å². The molecule has 0 aliphatic heterocycles. The van der Waals surface area contributed by atoms with Gasteiger partial charge in [0.2, 0.25) is 5.91 Å². The van der Waals surface area contributed by atoms with Gasteiger partial charge in [0.05, 0.1) is 39.9 Å². The molecule has 0 heterocycles. The number of amides is 1. The molecule has 0 bridgehead atoms. The van der Waals surface area contributed by atoms with Crippen LogP contribution in [0.2, 0.25) is 0 Å². The molecule has 3 atom stereocenters. The number of carbonyl (C=O) groups is 1. The van der Waals surface area contributed by atoms with E-state index in [-0.39, 0.29) is 19.1 Å². The molecule has 3 unspecified atom stereocenters. The molecule has 0 saturated heterocycles. The SMILES string of the molecule is C/C=C/CC/C=C/CC/C=C/C(O)C(COP(=O)(O)OCC[N+](C)(C)C)NC(=O)CCCCCCCCCCC/C=C\C/C=C\CCCCCCCCCCC. The number of aliphatic hydroxyl groups is 1. The number of hydrogen-bond donors (Lipinski definition) is 3. The highest BCUT2D eigenvalue weighted by molar-refractivity contribution is 7.47. The van der Waals surface area contributed by atoms with Gasteiger partial charge in [-0.3, -0.25) is 13.8 Å². The van der Waals surface area contributed by atoms with Gasteiger partial charge in [-0.15, -0.1) is 0 Å². The second kappa shape index (κ2) is 38.7.